The fraction of sp³-hybridized carbons (Fsp3) is 0.412. The fourth-order valence-corrected chi connectivity index (χ4v) is 8.19. The number of fused-ring (bicyclic) bond motifs is 9. The van der Waals surface area contributed by atoms with E-state index in [1.165, 1.54) is 0 Å². The van der Waals surface area contributed by atoms with E-state index < -0.39 is 30.2 Å². The molecule has 4 aliphatic heterocycles. The molecule has 1 fully saturated rings. The Morgan fingerprint density at radius 2 is 1.80 bits per heavy atom. The van der Waals surface area contributed by atoms with Crippen LogP contribution in [0.25, 0.3) is 0 Å². The summed E-state index contributed by atoms with van der Waals surface area (Å²) in [7, 11) is 7.78. The van der Waals surface area contributed by atoms with Crippen LogP contribution in [0.2, 0.25) is 0 Å². The number of piperazine rings is 1. The number of rotatable bonds is 6. The molecule has 46 heavy (non-hydrogen) atoms. The SMILES string of the molecule is [B]N[C@@H](Cc1ccccc1)C(=O)NC[C@H]1c2c(c(O)c(C)c3c2OCO3)CC2[C@@H]3c4c(cc(C)c(O)c4O)C[C@H]([C@H](C#N)N21)N3C. The quantitative estimate of drug-likeness (QED) is 0.205. The number of nitrogens with one attached hydrogen (secondary N) is 2. The van der Waals surface area contributed by atoms with Crippen molar-refractivity contribution in [2.75, 3.05) is 20.4 Å². The first-order valence-electron chi connectivity index (χ1n) is 15.5. The predicted octanol–water partition coefficient (Wildman–Crippen LogP) is 2.32. The Morgan fingerprint density at radius 3 is 2.52 bits per heavy atom. The van der Waals surface area contributed by atoms with Gasteiger partial charge in [0, 0.05) is 40.9 Å². The number of hydrogen-bond acceptors (Lipinski definition) is 10. The molecule has 236 valence electrons. The van der Waals surface area contributed by atoms with E-state index in [0.717, 1.165) is 11.1 Å². The van der Waals surface area contributed by atoms with Crippen molar-refractivity contribution in [1.82, 2.24) is 20.3 Å². The zero-order chi connectivity index (χ0) is 32.4. The van der Waals surface area contributed by atoms with Crippen LogP contribution in [-0.2, 0) is 24.1 Å². The molecule has 0 aromatic heterocycles. The molecular formula is C34H36BN5O6. The number of nitriles is 1. The van der Waals surface area contributed by atoms with E-state index in [9.17, 15) is 25.4 Å². The minimum atomic E-state index is -0.716. The van der Waals surface area contributed by atoms with Gasteiger partial charge in [-0.05, 0) is 56.8 Å². The highest BCUT2D eigenvalue weighted by Crippen LogP contribution is 2.58. The van der Waals surface area contributed by atoms with Crippen LogP contribution in [0.4, 0.5) is 0 Å². The second-order valence-electron chi connectivity index (χ2n) is 12.7. The Kier molecular flexibility index (Phi) is 7.51. The van der Waals surface area contributed by atoms with Gasteiger partial charge in [-0.1, -0.05) is 36.4 Å². The highest BCUT2D eigenvalue weighted by atomic mass is 16.7. The standard InChI is InChI=1S/C34H36BN5O6/c1-16-9-19-11-22-24(13-36)40-23(28(39(22)3)26(19)31(43)29(16)41)12-20-27(33-32(45-15-46-33)17(2)30(20)42)25(40)14-37-34(44)21(38-35)10-18-7-5-4-6-8-18/h4-9,21-25,28,38,41-43H,10-12,14-15H2,1-3H3,(H,37,44)/t21-,22+,23?,24-,25-,28+/m0/s1. The molecule has 0 saturated carbocycles. The Hall–Kier alpha value is -4.44. The van der Waals surface area contributed by atoms with Crippen LogP contribution in [-0.4, -0.2) is 83.6 Å². The summed E-state index contributed by atoms with van der Waals surface area (Å²) in [6.07, 6.45) is 1.19. The molecule has 5 N–H and O–H groups in total. The van der Waals surface area contributed by atoms with Gasteiger partial charge >= 0.3 is 0 Å². The molecule has 4 aliphatic rings. The zero-order valence-corrected chi connectivity index (χ0v) is 25.9. The van der Waals surface area contributed by atoms with Gasteiger partial charge in [-0.3, -0.25) is 14.6 Å². The average Bonchev–Trinajstić information content (AvgIpc) is 3.55. The molecule has 7 rings (SSSR count). The highest BCUT2D eigenvalue weighted by Gasteiger charge is 2.56. The van der Waals surface area contributed by atoms with E-state index in [-0.39, 0.29) is 42.5 Å². The van der Waals surface area contributed by atoms with E-state index in [0.29, 0.717) is 58.6 Å². The van der Waals surface area contributed by atoms with Gasteiger partial charge in [0.1, 0.15) is 11.8 Å². The lowest BCUT2D eigenvalue weighted by molar-refractivity contribution is -0.123. The number of aromatic hydroxyl groups is 3. The average molecular weight is 622 g/mol. The lowest BCUT2D eigenvalue weighted by Crippen LogP contribution is -2.68. The van der Waals surface area contributed by atoms with E-state index in [4.69, 9.17) is 17.5 Å². The first-order chi connectivity index (χ1) is 22.2. The molecule has 1 saturated heterocycles. The Labute approximate surface area is 268 Å². The minimum absolute atomic E-state index is 0.0135. The normalized spacial score (nSPS) is 25.1. The van der Waals surface area contributed by atoms with Crippen LogP contribution in [0.1, 0.15) is 51.0 Å². The summed E-state index contributed by atoms with van der Waals surface area (Å²) in [5.41, 5.74) is 4.89. The van der Waals surface area contributed by atoms with Gasteiger partial charge < -0.3 is 35.3 Å². The number of phenolic OH excluding ortho intramolecular Hbond substituents is 3. The second-order valence-corrected chi connectivity index (χ2v) is 12.7. The first kappa shape index (κ1) is 30.2. The van der Waals surface area contributed by atoms with Crippen LogP contribution in [0.3, 0.4) is 0 Å². The van der Waals surface area contributed by atoms with Crippen molar-refractivity contribution in [1.29, 1.82) is 5.26 Å². The van der Waals surface area contributed by atoms with Crippen molar-refractivity contribution < 1.29 is 29.6 Å². The summed E-state index contributed by atoms with van der Waals surface area (Å²) < 4.78 is 11.8. The Balaban J connectivity index is 1.34. The largest absolute Gasteiger partial charge is 0.507 e. The molecule has 6 atom stereocenters. The Bertz CT molecular complexity index is 1760. The van der Waals surface area contributed by atoms with Gasteiger partial charge in [-0.2, -0.15) is 5.26 Å². The zero-order valence-electron chi connectivity index (χ0n) is 25.9. The van der Waals surface area contributed by atoms with Crippen LogP contribution in [0, 0.1) is 25.2 Å². The summed E-state index contributed by atoms with van der Waals surface area (Å²) in [4.78, 5) is 17.8. The maximum Gasteiger partial charge on any atom is 0.236 e. The van der Waals surface area contributed by atoms with E-state index >= 15 is 0 Å². The molecule has 2 radical (unpaired) electrons. The van der Waals surface area contributed by atoms with Crippen molar-refractivity contribution in [3.05, 3.63) is 75.3 Å². The van der Waals surface area contributed by atoms with Crippen molar-refractivity contribution in [3.8, 4) is 34.8 Å². The van der Waals surface area contributed by atoms with E-state index in [2.05, 4.69) is 26.4 Å². The monoisotopic (exact) mass is 621 g/mol. The summed E-state index contributed by atoms with van der Waals surface area (Å²) in [5.74, 6) is 0.374. The molecular weight excluding hydrogens is 585 g/mol. The van der Waals surface area contributed by atoms with Gasteiger partial charge in [0.2, 0.25) is 12.7 Å². The lowest BCUT2D eigenvalue weighted by atomic mass is 9.71. The van der Waals surface area contributed by atoms with Gasteiger partial charge in [0.25, 0.3) is 0 Å². The third-order valence-electron chi connectivity index (χ3n) is 10.4. The van der Waals surface area contributed by atoms with Crippen LogP contribution in [0.15, 0.2) is 36.4 Å². The minimum Gasteiger partial charge on any atom is -0.507 e. The van der Waals surface area contributed by atoms with Crippen molar-refractivity contribution in [3.63, 3.8) is 0 Å². The Morgan fingerprint density at radius 1 is 1.07 bits per heavy atom. The summed E-state index contributed by atoms with van der Waals surface area (Å²) in [5, 5.41) is 50.2. The molecule has 0 spiro atoms. The van der Waals surface area contributed by atoms with Gasteiger partial charge in [-0.15, -0.1) is 0 Å². The molecule has 4 heterocycles. The molecule has 0 aliphatic carbocycles. The maximum absolute atomic E-state index is 13.6. The number of phenols is 3. The number of carbonyl (C=O) groups is 1. The predicted molar refractivity (Wildman–Crippen MR) is 169 cm³/mol. The number of amides is 1. The number of aryl methyl sites for hydroxylation is 1. The van der Waals surface area contributed by atoms with E-state index in [1.54, 1.807) is 13.8 Å². The number of ether oxygens (including phenoxy) is 2. The number of carbonyl (C=O) groups excluding carboxylic acids is 1. The summed E-state index contributed by atoms with van der Waals surface area (Å²) >= 11 is 0. The van der Waals surface area contributed by atoms with Crippen molar-refractivity contribution in [2.24, 2.45) is 0 Å². The van der Waals surface area contributed by atoms with Crippen molar-refractivity contribution >= 4 is 13.9 Å². The highest BCUT2D eigenvalue weighted by molar-refractivity contribution is 6.06. The van der Waals surface area contributed by atoms with Crippen LogP contribution < -0.4 is 20.0 Å². The van der Waals surface area contributed by atoms with Crippen LogP contribution in [0.5, 0.6) is 28.7 Å². The first-order valence-corrected chi connectivity index (χ1v) is 15.5. The van der Waals surface area contributed by atoms with Gasteiger partial charge in [-0.25, -0.2) is 0 Å². The van der Waals surface area contributed by atoms with Gasteiger partial charge in [0.05, 0.1) is 24.2 Å². The fourth-order valence-electron chi connectivity index (χ4n) is 8.19. The molecule has 1 unspecified atom stereocenters. The van der Waals surface area contributed by atoms with E-state index in [1.807, 2.05) is 43.4 Å². The lowest BCUT2D eigenvalue weighted by Gasteiger charge is -2.60. The summed E-state index contributed by atoms with van der Waals surface area (Å²) in [6, 6.07) is 11.0. The number of nitrogens with zero attached hydrogens (tertiary/aromatic N) is 3. The number of hydrogen-bond donors (Lipinski definition) is 5. The topological polar surface area (TPSA) is 151 Å². The molecule has 3 aromatic rings. The van der Waals surface area contributed by atoms with Crippen molar-refractivity contribution in [2.45, 2.75) is 69.4 Å². The number of benzene rings is 3. The van der Waals surface area contributed by atoms with Crippen LogP contribution >= 0.6 is 0 Å². The third-order valence-corrected chi connectivity index (χ3v) is 10.4. The molecule has 2 bridgehead atoms. The molecule has 12 heteroatoms. The third kappa shape index (κ3) is 4.48. The number of likely N-dealkylation sites (N-methyl/N-ethyl adjacent to an activating group) is 1. The van der Waals surface area contributed by atoms with Gasteiger partial charge in [0.15, 0.2) is 31.0 Å². The summed E-state index contributed by atoms with van der Waals surface area (Å²) in [6.45, 7) is 3.60. The maximum atomic E-state index is 13.6. The molecule has 1 amide bonds. The second kappa shape index (κ2) is 11.4. The molecule has 3 aromatic carbocycles. The smallest absolute Gasteiger partial charge is 0.236 e. The molecule has 11 nitrogen and oxygen atoms in total.